The Morgan fingerprint density at radius 1 is 0.964 bits per heavy atom. The van der Waals surface area contributed by atoms with Crippen LogP contribution in [0.4, 0.5) is 17.1 Å². The van der Waals surface area contributed by atoms with Gasteiger partial charge in [0.1, 0.15) is 0 Å². The first kappa shape index (κ1) is 19.1. The van der Waals surface area contributed by atoms with Crippen LogP contribution < -0.4 is 10.6 Å². The van der Waals surface area contributed by atoms with E-state index in [-0.39, 0.29) is 23.2 Å². The van der Waals surface area contributed by atoms with Crippen molar-refractivity contribution in [3.8, 4) is 0 Å². The van der Waals surface area contributed by atoms with Crippen molar-refractivity contribution in [2.24, 2.45) is 0 Å². The van der Waals surface area contributed by atoms with Crippen molar-refractivity contribution in [2.75, 3.05) is 10.6 Å². The molecule has 0 radical (unpaired) electrons. The van der Waals surface area contributed by atoms with Gasteiger partial charge in [0.15, 0.2) is 0 Å². The van der Waals surface area contributed by atoms with Crippen LogP contribution in [-0.4, -0.2) is 10.8 Å². The molecule has 0 heterocycles. The molecule has 2 N–H and O–H groups in total. The van der Waals surface area contributed by atoms with E-state index in [0.29, 0.717) is 11.3 Å². The monoisotopic (exact) mass is 375 g/mol. The molecule has 0 aromatic heterocycles. The number of aryl methyl sites for hydroxylation is 1. The van der Waals surface area contributed by atoms with Gasteiger partial charge < -0.3 is 10.6 Å². The van der Waals surface area contributed by atoms with E-state index >= 15 is 0 Å². The number of carbonyl (C=O) groups excluding carboxylic acids is 1. The number of nitro groups is 1. The standard InChI is InChI=1S/C22H21N3O3/c1-15-8-9-18(14-21(15)25(27)28)22(26)24-20-12-10-19(11-13-20)23-16(2)17-6-4-3-5-7-17/h3-14,16,23H,1-2H3,(H,24,26). The molecular formula is C22H21N3O3. The Labute approximate surface area is 163 Å². The molecule has 3 rings (SSSR count). The number of nitrogens with one attached hydrogen (secondary N) is 2. The van der Waals surface area contributed by atoms with Gasteiger partial charge in [0.25, 0.3) is 11.6 Å². The Morgan fingerprint density at radius 2 is 1.61 bits per heavy atom. The van der Waals surface area contributed by atoms with E-state index in [0.717, 1.165) is 5.69 Å². The van der Waals surface area contributed by atoms with Crippen LogP contribution in [0.2, 0.25) is 0 Å². The van der Waals surface area contributed by atoms with E-state index in [1.807, 2.05) is 30.3 Å². The molecule has 3 aromatic carbocycles. The summed E-state index contributed by atoms with van der Waals surface area (Å²) in [6.07, 6.45) is 0. The Hall–Kier alpha value is -3.67. The third kappa shape index (κ3) is 4.54. The summed E-state index contributed by atoms with van der Waals surface area (Å²) >= 11 is 0. The highest BCUT2D eigenvalue weighted by atomic mass is 16.6. The molecule has 6 nitrogen and oxygen atoms in total. The maximum Gasteiger partial charge on any atom is 0.273 e. The van der Waals surface area contributed by atoms with E-state index in [9.17, 15) is 14.9 Å². The summed E-state index contributed by atoms with van der Waals surface area (Å²) in [4.78, 5) is 23.0. The summed E-state index contributed by atoms with van der Waals surface area (Å²) in [6, 6.07) is 22.1. The first-order valence-corrected chi connectivity index (χ1v) is 8.92. The van der Waals surface area contributed by atoms with Gasteiger partial charge in [0, 0.05) is 34.6 Å². The zero-order valence-electron chi connectivity index (χ0n) is 15.7. The number of rotatable bonds is 6. The normalized spacial score (nSPS) is 11.5. The number of carbonyl (C=O) groups is 1. The first-order valence-electron chi connectivity index (χ1n) is 8.92. The summed E-state index contributed by atoms with van der Waals surface area (Å²) in [5.74, 6) is -0.388. The smallest absolute Gasteiger partial charge is 0.273 e. The highest BCUT2D eigenvalue weighted by molar-refractivity contribution is 6.04. The Balaban J connectivity index is 1.66. The molecule has 0 aliphatic carbocycles. The van der Waals surface area contributed by atoms with Gasteiger partial charge in [-0.1, -0.05) is 36.4 Å². The molecular weight excluding hydrogens is 354 g/mol. The second-order valence-corrected chi connectivity index (χ2v) is 6.57. The van der Waals surface area contributed by atoms with Gasteiger partial charge in [-0.3, -0.25) is 14.9 Å². The molecule has 3 aromatic rings. The van der Waals surface area contributed by atoms with Gasteiger partial charge in [0.2, 0.25) is 0 Å². The first-order chi connectivity index (χ1) is 13.4. The number of nitrogens with zero attached hydrogens (tertiary/aromatic N) is 1. The fraction of sp³-hybridized carbons (Fsp3) is 0.136. The van der Waals surface area contributed by atoms with Crippen LogP contribution in [0.5, 0.6) is 0 Å². The van der Waals surface area contributed by atoms with Crippen molar-refractivity contribution in [3.63, 3.8) is 0 Å². The largest absolute Gasteiger partial charge is 0.379 e. The zero-order valence-corrected chi connectivity index (χ0v) is 15.7. The molecule has 0 saturated heterocycles. The molecule has 1 amide bonds. The topological polar surface area (TPSA) is 84.3 Å². The van der Waals surface area contributed by atoms with Crippen LogP contribution in [0.1, 0.15) is 34.5 Å². The third-order valence-electron chi connectivity index (χ3n) is 4.49. The fourth-order valence-corrected chi connectivity index (χ4v) is 2.88. The van der Waals surface area contributed by atoms with Gasteiger partial charge in [-0.05, 0) is 49.7 Å². The minimum absolute atomic E-state index is 0.0675. The lowest BCUT2D eigenvalue weighted by Crippen LogP contribution is -2.12. The van der Waals surface area contributed by atoms with Gasteiger partial charge in [-0.25, -0.2) is 0 Å². The maximum atomic E-state index is 12.4. The number of amides is 1. The van der Waals surface area contributed by atoms with E-state index in [1.165, 1.54) is 11.6 Å². The van der Waals surface area contributed by atoms with E-state index in [4.69, 9.17) is 0 Å². The average molecular weight is 375 g/mol. The molecule has 0 aliphatic rings. The van der Waals surface area contributed by atoms with Crippen LogP contribution >= 0.6 is 0 Å². The zero-order chi connectivity index (χ0) is 20.1. The maximum absolute atomic E-state index is 12.4. The molecule has 1 atom stereocenters. The predicted octanol–water partition coefficient (Wildman–Crippen LogP) is 5.33. The summed E-state index contributed by atoms with van der Waals surface area (Å²) in [5, 5.41) is 17.2. The molecule has 0 fully saturated rings. The molecule has 142 valence electrons. The van der Waals surface area contributed by atoms with Crippen LogP contribution in [0.15, 0.2) is 72.8 Å². The van der Waals surface area contributed by atoms with Crippen LogP contribution in [-0.2, 0) is 0 Å². The molecule has 1 unspecified atom stereocenters. The van der Waals surface area contributed by atoms with Crippen molar-refractivity contribution in [3.05, 3.63) is 99.6 Å². The Bertz CT molecular complexity index is 986. The molecule has 0 bridgehead atoms. The van der Waals surface area contributed by atoms with E-state index in [2.05, 4.69) is 29.7 Å². The number of hydrogen-bond acceptors (Lipinski definition) is 4. The quantitative estimate of drug-likeness (QED) is 0.450. The van der Waals surface area contributed by atoms with Crippen molar-refractivity contribution < 1.29 is 9.72 Å². The van der Waals surface area contributed by atoms with Crippen molar-refractivity contribution >= 4 is 23.0 Å². The van der Waals surface area contributed by atoms with Gasteiger partial charge in [-0.15, -0.1) is 0 Å². The summed E-state index contributed by atoms with van der Waals surface area (Å²) < 4.78 is 0. The van der Waals surface area contributed by atoms with E-state index < -0.39 is 4.92 Å². The van der Waals surface area contributed by atoms with E-state index in [1.54, 1.807) is 31.2 Å². The molecule has 0 aliphatic heterocycles. The lowest BCUT2D eigenvalue weighted by atomic mass is 10.1. The minimum atomic E-state index is -0.486. The number of hydrogen-bond donors (Lipinski definition) is 2. The number of benzene rings is 3. The summed E-state index contributed by atoms with van der Waals surface area (Å²) in [6.45, 7) is 3.72. The van der Waals surface area contributed by atoms with Gasteiger partial charge in [-0.2, -0.15) is 0 Å². The predicted molar refractivity (Wildman–Crippen MR) is 111 cm³/mol. The van der Waals surface area contributed by atoms with Gasteiger partial charge >= 0.3 is 0 Å². The summed E-state index contributed by atoms with van der Waals surface area (Å²) in [5.41, 5.74) is 3.43. The SMILES string of the molecule is Cc1ccc(C(=O)Nc2ccc(NC(C)c3ccccc3)cc2)cc1[N+](=O)[O-]. The summed E-state index contributed by atoms with van der Waals surface area (Å²) in [7, 11) is 0. The molecule has 0 saturated carbocycles. The molecule has 28 heavy (non-hydrogen) atoms. The highest BCUT2D eigenvalue weighted by Crippen LogP contribution is 2.22. The van der Waals surface area contributed by atoms with Crippen LogP contribution in [0.3, 0.4) is 0 Å². The Kier molecular flexibility index (Phi) is 5.69. The second-order valence-electron chi connectivity index (χ2n) is 6.57. The van der Waals surface area contributed by atoms with Gasteiger partial charge in [0.05, 0.1) is 4.92 Å². The molecule has 0 spiro atoms. The van der Waals surface area contributed by atoms with Crippen LogP contribution in [0.25, 0.3) is 0 Å². The highest BCUT2D eigenvalue weighted by Gasteiger charge is 2.15. The number of nitro benzene ring substituents is 1. The average Bonchev–Trinajstić information content (AvgIpc) is 2.70. The Morgan fingerprint density at radius 3 is 2.25 bits per heavy atom. The lowest BCUT2D eigenvalue weighted by molar-refractivity contribution is -0.385. The van der Waals surface area contributed by atoms with Crippen molar-refractivity contribution in [2.45, 2.75) is 19.9 Å². The van der Waals surface area contributed by atoms with Crippen molar-refractivity contribution in [1.29, 1.82) is 0 Å². The second kappa shape index (κ2) is 8.35. The molecule has 6 heteroatoms. The minimum Gasteiger partial charge on any atom is -0.379 e. The van der Waals surface area contributed by atoms with Crippen molar-refractivity contribution in [1.82, 2.24) is 0 Å². The van der Waals surface area contributed by atoms with Crippen LogP contribution in [0, 0.1) is 17.0 Å². The third-order valence-corrected chi connectivity index (χ3v) is 4.49. The number of anilines is 2. The fourth-order valence-electron chi connectivity index (χ4n) is 2.88. The lowest BCUT2D eigenvalue weighted by Gasteiger charge is -2.16.